The lowest BCUT2D eigenvalue weighted by atomic mass is 9.31. The largest absolute Gasteiger partial charge is 0.369 e. The van der Waals surface area contributed by atoms with Crippen LogP contribution in [0.5, 0.6) is 0 Å². The lowest BCUT2D eigenvalue weighted by molar-refractivity contribution is -0.0419. The second-order valence-electron chi connectivity index (χ2n) is 40.4. The minimum Gasteiger partial charge on any atom is -0.311 e. The molecule has 0 aromatic heterocycles. The molecule has 122 heavy (non-hydrogen) atoms. The van der Waals surface area contributed by atoms with Crippen LogP contribution in [0.25, 0.3) is 0 Å². The number of hydrogen-bond donors (Lipinski definition) is 0. The number of halogens is 4. The third-order valence-corrected chi connectivity index (χ3v) is 102. The van der Waals surface area contributed by atoms with E-state index in [0.29, 0.717) is 23.7 Å². The minimum absolute atomic E-state index is 0.0823. The molecular weight excluding hydrogens is 1930 g/mol. The first-order valence-electron chi connectivity index (χ1n) is 45.6. The highest BCUT2D eigenvalue weighted by atomic mass is 79.9. The Morgan fingerprint density at radius 2 is 0.484 bits per heavy atom. The predicted molar refractivity (Wildman–Crippen MR) is 568 cm³/mol. The lowest BCUT2D eigenvalue weighted by Gasteiger charge is -2.65. The maximum absolute atomic E-state index is 7.95. The zero-order chi connectivity index (χ0) is 82.0. The molecule has 0 N–H and O–H groups in total. The molecule has 8 atom stereocenters. The standard InChI is InChI=1S/C50H45BN2.C50H47ClN2.BBr3.H14P12/c1-3-14-42-36(8-1)49(32-20-28-18-29(22-32)23-33(49)21-28)38-10-5-12-40-47(38)52(42)44-16-7-17-45-46(44)51(40)41-13-6-11-39-48(41)53(45)43-15-4-2-9-37(43)50(39)34-24-30-19-31(26-34)27-35(50)25-30;51-48-46(52-42-14-5-1-10-38(42)49(39-11-2-6-15-43(39)52)34-22-30-20-31(24-34)25-35(49)23-30)18-9-19-47(48)53-44-16-7-3-12-40(44)50(41-13-4-8-17-45(41)53)36-26-32-21-33(28-36)29-37(50)27-32;2-1(3)4;1-8(2)11(7)12(9(3)4)10(5)6/h1-17,28-35H,18-27H2;1-19,30-37H,20-29H2;;1-7H2. The van der Waals surface area contributed by atoms with E-state index in [-0.39, 0.29) is 66.5 Å². The molecule has 6 aliphatic heterocycles. The van der Waals surface area contributed by atoms with Gasteiger partial charge in [0.1, 0.15) is 0 Å². The molecule has 16 saturated carbocycles. The number of hydrogen-bond acceptors (Lipinski definition) is 4. The molecule has 620 valence electrons. The van der Waals surface area contributed by atoms with Gasteiger partial charge in [-0.05, 0) is 380 Å². The Labute approximate surface area is 775 Å². The summed E-state index contributed by atoms with van der Waals surface area (Å²) in [6, 6.07) is 86.6. The Bertz CT molecular complexity index is 5390. The van der Waals surface area contributed by atoms with Crippen LogP contribution in [0.3, 0.4) is 0 Å². The van der Waals surface area contributed by atoms with Crippen LogP contribution in [0.4, 0.5) is 68.2 Å². The van der Waals surface area contributed by atoms with E-state index in [1.165, 1.54) is 202 Å². The molecule has 0 amide bonds. The van der Waals surface area contributed by atoms with Crippen LogP contribution in [0.15, 0.2) is 218 Å². The van der Waals surface area contributed by atoms with Gasteiger partial charge in [-0.25, -0.2) is 0 Å². The topological polar surface area (TPSA) is 13.0 Å². The van der Waals surface area contributed by atoms with Gasteiger partial charge in [0.05, 0.1) is 50.5 Å². The average Bonchev–Trinajstić information content (AvgIpc) is 0.657. The third kappa shape index (κ3) is 11.8. The normalized spacial score (nSPS) is 31.9. The molecular formula is C100H106B2Br3ClN4P12. The first-order valence-corrected chi connectivity index (χ1v) is 69.6. The van der Waals surface area contributed by atoms with Crippen LogP contribution < -0.4 is 36.0 Å². The summed E-state index contributed by atoms with van der Waals surface area (Å²) in [5.41, 5.74) is 34.0. The maximum atomic E-state index is 7.95. The smallest absolute Gasteiger partial charge is 0.311 e. The Morgan fingerprint density at radius 1 is 0.270 bits per heavy atom. The molecule has 6 heterocycles. The van der Waals surface area contributed by atoms with Gasteiger partial charge in [-0.1, -0.05) is 169 Å². The molecule has 4 spiro atoms. The zero-order valence-electron chi connectivity index (χ0n) is 68.9. The van der Waals surface area contributed by atoms with Crippen LogP contribution >= 0.6 is 156 Å². The van der Waals surface area contributed by atoms with Gasteiger partial charge in [0, 0.05) is 44.4 Å². The average molecular weight is 2030 g/mol. The van der Waals surface area contributed by atoms with Crippen LogP contribution in [-0.2, 0) is 21.7 Å². The number of anilines is 12. The van der Waals surface area contributed by atoms with Crippen molar-refractivity contribution < 1.29 is 0 Å². The third-order valence-electron chi connectivity index (χ3n) is 35.4. The summed E-state index contributed by atoms with van der Waals surface area (Å²) < 4.78 is 0.271. The molecule has 0 radical (unpaired) electrons. The van der Waals surface area contributed by atoms with Crippen molar-refractivity contribution in [3.8, 4) is 0 Å². The summed E-state index contributed by atoms with van der Waals surface area (Å²) in [5.74, 6) is 13.3. The van der Waals surface area contributed by atoms with E-state index in [4.69, 9.17) is 11.6 Å². The van der Waals surface area contributed by atoms with Gasteiger partial charge in [0.15, 0.2) is 0 Å². The number of nitrogens with zero attached hydrogens (tertiary/aromatic N) is 4. The highest BCUT2D eigenvalue weighted by Crippen LogP contribution is 3.16. The first-order chi connectivity index (χ1) is 59.5. The SMILES string of the molecule is BrB(Br)Br.Clc1c(N2c3ccccc3C3(c4ccccc42)C2CC4CC(C2)CC3C4)cccc1N1c2ccccc2C2(c3ccccc31)C1CC3CC(C1)CC2C3.PP(P)P(P)P(P(P)P)P(P)P.c1ccc2c(c1)N1c3cccc4c3B(c3cccc(c31)C21C2CC3CC(C2)CC1C3)c1cccc2c1N4c1ccccc1C21C2CC3CC(C2)CC1C3. The van der Waals surface area contributed by atoms with E-state index in [0.717, 1.165) is 87.4 Å². The Morgan fingerprint density at radius 3 is 0.730 bits per heavy atom. The molecule has 4 nitrogen and oxygen atoms in total. The van der Waals surface area contributed by atoms with Crippen LogP contribution in [0.2, 0.25) is 5.02 Å². The summed E-state index contributed by atoms with van der Waals surface area (Å²) in [5, 5.41) is 0.823. The van der Waals surface area contributed by atoms with Gasteiger partial charge in [-0.15, -0.1) is 110 Å². The summed E-state index contributed by atoms with van der Waals surface area (Å²) in [6.45, 7) is 0.933. The lowest BCUT2D eigenvalue weighted by Crippen LogP contribution is -2.65. The second kappa shape index (κ2) is 31.3. The Hall–Kier alpha value is -1.58. The fourth-order valence-corrected chi connectivity index (χ4v) is 136. The molecule has 10 aromatic rings. The fraction of sp³-hybridized carbons (Fsp3) is 0.400. The van der Waals surface area contributed by atoms with Crippen molar-refractivity contribution >= 4 is 251 Å². The second-order valence-corrected chi connectivity index (χ2v) is 92.1. The Kier molecular flexibility index (Phi) is 21.1. The van der Waals surface area contributed by atoms with Gasteiger partial charge in [0.2, 0.25) is 0 Å². The van der Waals surface area contributed by atoms with E-state index in [1.54, 1.807) is 44.6 Å². The number of benzene rings is 10. The van der Waals surface area contributed by atoms with E-state index in [2.05, 4.69) is 348 Å². The number of fused-ring (bicyclic) bond motifs is 12. The van der Waals surface area contributed by atoms with E-state index in [1.807, 2.05) is 0 Å². The highest BCUT2D eigenvalue weighted by Gasteiger charge is 2.68. The van der Waals surface area contributed by atoms with Gasteiger partial charge < -0.3 is 19.6 Å². The van der Waals surface area contributed by atoms with Gasteiger partial charge in [-0.2, -0.15) is 0 Å². The molecule has 32 rings (SSSR count). The molecule has 0 saturated heterocycles. The summed E-state index contributed by atoms with van der Waals surface area (Å²) in [6.07, 6.45) is 28.3. The Balaban J connectivity index is 0.000000114. The van der Waals surface area contributed by atoms with Crippen molar-refractivity contribution in [2.75, 3.05) is 19.6 Å². The maximum Gasteiger partial charge on any atom is 0.369 e. The van der Waals surface area contributed by atoms with E-state index >= 15 is 0 Å². The molecule has 16 fully saturated rings. The van der Waals surface area contributed by atoms with Crippen LogP contribution in [0.1, 0.15) is 173 Å². The zero-order valence-corrected chi connectivity index (χ0v) is 87.0. The van der Waals surface area contributed by atoms with Gasteiger partial charge >= 0.3 is 3.18 Å². The fourth-order valence-electron chi connectivity index (χ4n) is 33.2. The molecule has 22 aliphatic rings. The highest BCUT2D eigenvalue weighted by molar-refractivity contribution is 9.69. The first kappa shape index (κ1) is 82.3. The van der Waals surface area contributed by atoms with Crippen molar-refractivity contribution in [3.63, 3.8) is 0 Å². The number of para-hydroxylation sites is 8. The van der Waals surface area contributed by atoms with Crippen LogP contribution in [-0.4, -0.2) is 9.90 Å². The van der Waals surface area contributed by atoms with Crippen molar-refractivity contribution in [1.82, 2.24) is 0 Å². The van der Waals surface area contributed by atoms with Crippen molar-refractivity contribution in [3.05, 3.63) is 268 Å². The summed E-state index contributed by atoms with van der Waals surface area (Å²) in [7, 11) is 21.0. The molecule has 10 aromatic carbocycles. The minimum atomic E-state index is 0.0823. The van der Waals surface area contributed by atoms with Gasteiger partial charge in [0.25, 0.3) is 6.71 Å². The molecule has 16 aliphatic carbocycles. The van der Waals surface area contributed by atoms with Crippen LogP contribution in [0, 0.1) is 94.7 Å². The molecule has 8 unspecified atom stereocenters. The molecule has 22 heteroatoms. The molecule has 16 bridgehead atoms. The predicted octanol–water partition coefficient (Wildman–Crippen LogP) is 32.0. The van der Waals surface area contributed by atoms with E-state index in [9.17, 15) is 0 Å². The van der Waals surface area contributed by atoms with E-state index < -0.39 is 0 Å². The van der Waals surface area contributed by atoms with Crippen molar-refractivity contribution in [2.45, 2.75) is 150 Å². The summed E-state index contributed by atoms with van der Waals surface area (Å²) in [4.78, 5) is 10.6. The monoisotopic (exact) mass is 2030 g/mol. The quantitative estimate of drug-likeness (QED) is 0.121. The van der Waals surface area contributed by atoms with Crippen molar-refractivity contribution in [2.24, 2.45) is 94.7 Å². The summed E-state index contributed by atoms with van der Waals surface area (Å²) >= 11 is 17.3. The van der Waals surface area contributed by atoms with Gasteiger partial charge in [-0.3, -0.25) is 0 Å². The van der Waals surface area contributed by atoms with Crippen molar-refractivity contribution in [1.29, 1.82) is 0 Å². The number of rotatable bonds is 6.